The Bertz CT molecular complexity index is 426. The highest BCUT2D eigenvalue weighted by atomic mass is 16.7. The molecule has 0 aromatic carbocycles. The average molecular weight is 234 g/mol. The molecule has 0 N–H and O–H groups in total. The highest BCUT2D eigenvalue weighted by Crippen LogP contribution is 2.32. The molecule has 0 amide bonds. The molecule has 1 aliphatic heterocycles. The van der Waals surface area contributed by atoms with Crippen LogP contribution in [0.4, 0.5) is 0 Å². The van der Waals surface area contributed by atoms with Gasteiger partial charge in [0.25, 0.3) is 0 Å². The van der Waals surface area contributed by atoms with E-state index in [4.69, 9.17) is 9.31 Å². The highest BCUT2D eigenvalue weighted by Gasteiger charge is 2.41. The molecule has 2 aliphatic rings. The fourth-order valence-corrected chi connectivity index (χ4v) is 2.31. The zero-order chi connectivity index (χ0) is 12.0. The van der Waals surface area contributed by atoms with E-state index >= 15 is 0 Å². The molecule has 17 heavy (non-hydrogen) atoms. The summed E-state index contributed by atoms with van der Waals surface area (Å²) in [5.41, 5.74) is 2.21. The standard InChI is InChI=1S/C12H19BN2O2/c1-12(2)8-16-13(17-12)10-7-14-15(3)11(10)6-9-4-5-9/h7,9H,4-6,8H2,1-3H3. The topological polar surface area (TPSA) is 36.3 Å². The Labute approximate surface area is 102 Å². The van der Waals surface area contributed by atoms with E-state index in [1.165, 1.54) is 18.5 Å². The molecule has 1 saturated heterocycles. The van der Waals surface area contributed by atoms with Crippen molar-refractivity contribution in [3.63, 3.8) is 0 Å². The van der Waals surface area contributed by atoms with Gasteiger partial charge in [-0.15, -0.1) is 0 Å². The quantitative estimate of drug-likeness (QED) is 0.729. The minimum absolute atomic E-state index is 0.183. The van der Waals surface area contributed by atoms with Gasteiger partial charge in [0, 0.05) is 24.4 Å². The summed E-state index contributed by atoms with van der Waals surface area (Å²) in [6.45, 7) is 4.77. The first kappa shape index (κ1) is 11.3. The van der Waals surface area contributed by atoms with E-state index in [9.17, 15) is 0 Å². The Morgan fingerprint density at radius 2 is 2.29 bits per heavy atom. The number of hydrogen-bond acceptors (Lipinski definition) is 3. The number of hydrogen-bond donors (Lipinski definition) is 0. The Morgan fingerprint density at radius 1 is 1.53 bits per heavy atom. The maximum Gasteiger partial charge on any atom is 0.497 e. The van der Waals surface area contributed by atoms with Crippen molar-refractivity contribution in [2.45, 2.75) is 38.7 Å². The van der Waals surface area contributed by atoms with Crippen molar-refractivity contribution in [1.29, 1.82) is 0 Å². The summed E-state index contributed by atoms with van der Waals surface area (Å²) in [7, 11) is 1.77. The van der Waals surface area contributed by atoms with E-state index in [0.717, 1.165) is 17.8 Å². The largest absolute Gasteiger partial charge is 0.497 e. The highest BCUT2D eigenvalue weighted by molar-refractivity contribution is 6.62. The van der Waals surface area contributed by atoms with Gasteiger partial charge in [0.15, 0.2) is 0 Å². The summed E-state index contributed by atoms with van der Waals surface area (Å²) >= 11 is 0. The van der Waals surface area contributed by atoms with E-state index < -0.39 is 0 Å². The van der Waals surface area contributed by atoms with E-state index in [2.05, 4.69) is 18.9 Å². The monoisotopic (exact) mass is 234 g/mol. The lowest BCUT2D eigenvalue weighted by atomic mass is 9.78. The molecule has 0 radical (unpaired) electrons. The fraction of sp³-hybridized carbons (Fsp3) is 0.750. The summed E-state index contributed by atoms with van der Waals surface area (Å²) in [4.78, 5) is 0. The van der Waals surface area contributed by atoms with Gasteiger partial charge >= 0.3 is 7.12 Å². The number of aromatic nitrogens is 2. The molecule has 1 saturated carbocycles. The SMILES string of the molecule is Cn1ncc(B2OCC(C)(C)O2)c1CC1CC1. The van der Waals surface area contributed by atoms with Crippen LogP contribution in [-0.4, -0.2) is 29.1 Å². The average Bonchev–Trinajstić information content (AvgIpc) is 2.91. The van der Waals surface area contributed by atoms with E-state index in [0.29, 0.717) is 6.61 Å². The van der Waals surface area contributed by atoms with Crippen LogP contribution in [0.3, 0.4) is 0 Å². The molecule has 0 bridgehead atoms. The minimum Gasteiger partial charge on any atom is -0.404 e. The normalized spacial score (nSPS) is 23.4. The van der Waals surface area contributed by atoms with Crippen molar-refractivity contribution in [2.24, 2.45) is 13.0 Å². The number of aryl methyl sites for hydroxylation is 1. The van der Waals surface area contributed by atoms with Gasteiger partial charge in [-0.25, -0.2) is 0 Å². The molecule has 1 aliphatic carbocycles. The van der Waals surface area contributed by atoms with Gasteiger partial charge in [-0.3, -0.25) is 4.68 Å². The van der Waals surface area contributed by atoms with Crippen LogP contribution in [0, 0.1) is 5.92 Å². The predicted octanol–water partition coefficient (Wildman–Crippen LogP) is 0.893. The molecule has 3 rings (SSSR count). The molecule has 0 atom stereocenters. The molecule has 0 spiro atoms. The summed E-state index contributed by atoms with van der Waals surface area (Å²) in [6, 6.07) is 0. The lowest BCUT2D eigenvalue weighted by Gasteiger charge is -2.15. The molecular formula is C12H19BN2O2. The van der Waals surface area contributed by atoms with Gasteiger partial charge in [0.2, 0.25) is 0 Å². The van der Waals surface area contributed by atoms with Crippen molar-refractivity contribution in [3.05, 3.63) is 11.9 Å². The van der Waals surface area contributed by atoms with Gasteiger partial charge in [-0.1, -0.05) is 0 Å². The first-order valence-electron chi connectivity index (χ1n) is 6.35. The third kappa shape index (κ3) is 2.26. The summed E-state index contributed by atoms with van der Waals surface area (Å²) in [5, 5.41) is 4.35. The molecule has 0 unspecified atom stereocenters. The molecule has 1 aromatic heterocycles. The molecule has 1 aromatic rings. The first-order valence-corrected chi connectivity index (χ1v) is 6.35. The van der Waals surface area contributed by atoms with Gasteiger partial charge in [-0.05, 0) is 39.0 Å². The van der Waals surface area contributed by atoms with Gasteiger partial charge in [0.1, 0.15) is 0 Å². The van der Waals surface area contributed by atoms with E-state index in [1.807, 2.05) is 17.9 Å². The number of nitrogens with zero attached hydrogens (tertiary/aromatic N) is 2. The Balaban J connectivity index is 1.82. The third-order valence-electron chi connectivity index (χ3n) is 3.54. The van der Waals surface area contributed by atoms with Crippen LogP contribution in [0.15, 0.2) is 6.20 Å². The van der Waals surface area contributed by atoms with Crippen LogP contribution >= 0.6 is 0 Å². The third-order valence-corrected chi connectivity index (χ3v) is 3.54. The molecular weight excluding hydrogens is 215 g/mol. The molecule has 2 fully saturated rings. The Morgan fingerprint density at radius 3 is 2.88 bits per heavy atom. The predicted molar refractivity (Wildman–Crippen MR) is 66.1 cm³/mol. The molecule has 5 heteroatoms. The lowest BCUT2D eigenvalue weighted by molar-refractivity contribution is 0.137. The van der Waals surface area contributed by atoms with Crippen LogP contribution < -0.4 is 5.46 Å². The molecule has 4 nitrogen and oxygen atoms in total. The second kappa shape index (κ2) is 3.85. The van der Waals surface area contributed by atoms with Crippen LogP contribution in [0.5, 0.6) is 0 Å². The first-order chi connectivity index (χ1) is 8.05. The van der Waals surface area contributed by atoms with Crippen LogP contribution in [-0.2, 0) is 22.8 Å². The van der Waals surface area contributed by atoms with Crippen LogP contribution in [0.1, 0.15) is 32.4 Å². The summed E-state index contributed by atoms with van der Waals surface area (Å²) in [6.07, 6.45) is 5.70. The van der Waals surface area contributed by atoms with Crippen molar-refractivity contribution >= 4 is 12.6 Å². The van der Waals surface area contributed by atoms with Gasteiger partial charge in [-0.2, -0.15) is 5.10 Å². The van der Waals surface area contributed by atoms with Crippen molar-refractivity contribution in [1.82, 2.24) is 9.78 Å². The van der Waals surface area contributed by atoms with Crippen LogP contribution in [0.25, 0.3) is 0 Å². The number of rotatable bonds is 3. The molecule has 2 heterocycles. The minimum atomic E-state index is -0.229. The van der Waals surface area contributed by atoms with Crippen molar-refractivity contribution in [2.75, 3.05) is 6.61 Å². The maximum absolute atomic E-state index is 5.92. The van der Waals surface area contributed by atoms with Crippen LogP contribution in [0.2, 0.25) is 0 Å². The second-order valence-electron chi connectivity index (χ2n) is 5.84. The maximum atomic E-state index is 5.92. The van der Waals surface area contributed by atoms with E-state index in [1.54, 1.807) is 0 Å². The van der Waals surface area contributed by atoms with Gasteiger partial charge in [0.05, 0.1) is 12.2 Å². The second-order valence-corrected chi connectivity index (χ2v) is 5.84. The Kier molecular flexibility index (Phi) is 2.56. The zero-order valence-electron chi connectivity index (χ0n) is 10.8. The summed E-state index contributed by atoms with van der Waals surface area (Å²) in [5.74, 6) is 0.846. The van der Waals surface area contributed by atoms with Gasteiger partial charge < -0.3 is 9.31 Å². The van der Waals surface area contributed by atoms with E-state index in [-0.39, 0.29) is 12.7 Å². The fourth-order valence-electron chi connectivity index (χ4n) is 2.31. The summed E-state index contributed by atoms with van der Waals surface area (Å²) < 4.78 is 13.6. The lowest BCUT2D eigenvalue weighted by Crippen LogP contribution is -2.36. The smallest absolute Gasteiger partial charge is 0.404 e. The van der Waals surface area contributed by atoms with Crippen molar-refractivity contribution < 1.29 is 9.31 Å². The molecule has 92 valence electrons. The zero-order valence-corrected chi connectivity index (χ0v) is 10.8. The Hall–Kier alpha value is -0.805. The van der Waals surface area contributed by atoms with Crippen molar-refractivity contribution in [3.8, 4) is 0 Å².